The zero-order valence-electron chi connectivity index (χ0n) is 11.1. The summed E-state index contributed by atoms with van der Waals surface area (Å²) in [5.74, 6) is -1.14. The molecule has 3 amide bonds. The predicted octanol–water partition coefficient (Wildman–Crippen LogP) is 0.965. The molecule has 1 fully saturated rings. The van der Waals surface area contributed by atoms with Crippen molar-refractivity contribution in [3.63, 3.8) is 0 Å². The quantitative estimate of drug-likeness (QED) is 0.570. The van der Waals surface area contributed by atoms with Gasteiger partial charge in [0.1, 0.15) is 0 Å². The van der Waals surface area contributed by atoms with E-state index in [4.69, 9.17) is 18.0 Å². The van der Waals surface area contributed by atoms with Crippen molar-refractivity contribution in [2.45, 2.75) is 19.3 Å². The van der Waals surface area contributed by atoms with E-state index in [1.165, 1.54) is 12.1 Å². The molecule has 108 valence electrons. The Labute approximate surface area is 126 Å². The van der Waals surface area contributed by atoms with E-state index in [1.54, 1.807) is 6.07 Å². The molecule has 1 aliphatic heterocycles. The van der Waals surface area contributed by atoms with Crippen LogP contribution in [0.3, 0.4) is 0 Å². The Morgan fingerprint density at radius 3 is 2.48 bits per heavy atom. The van der Waals surface area contributed by atoms with Gasteiger partial charge in [0.25, 0.3) is 11.8 Å². The van der Waals surface area contributed by atoms with Crippen molar-refractivity contribution in [1.82, 2.24) is 5.32 Å². The van der Waals surface area contributed by atoms with Gasteiger partial charge in [0.05, 0.1) is 21.5 Å². The predicted molar refractivity (Wildman–Crippen MR) is 79.9 cm³/mol. The fourth-order valence-corrected chi connectivity index (χ4v) is 2.91. The van der Waals surface area contributed by atoms with E-state index in [0.29, 0.717) is 24.1 Å². The molecule has 0 saturated heterocycles. The van der Waals surface area contributed by atoms with Gasteiger partial charge in [-0.2, -0.15) is 0 Å². The maximum absolute atomic E-state index is 12.4. The van der Waals surface area contributed by atoms with Crippen LogP contribution in [0.15, 0.2) is 18.2 Å². The number of hydrogen-bond donors (Lipinski definition) is 3. The Morgan fingerprint density at radius 2 is 1.90 bits per heavy atom. The molecule has 1 aliphatic carbocycles. The zero-order chi connectivity index (χ0) is 15.2. The second-order valence-electron chi connectivity index (χ2n) is 5.30. The normalized spacial score (nSPS) is 18.5. The molecule has 1 saturated carbocycles. The summed E-state index contributed by atoms with van der Waals surface area (Å²) in [5.41, 5.74) is 5.92. The minimum Gasteiger partial charge on any atom is -0.392 e. The first-order valence-corrected chi connectivity index (χ1v) is 6.96. The largest absolute Gasteiger partial charge is 0.392 e. The van der Waals surface area contributed by atoms with Gasteiger partial charge in [-0.05, 0) is 31.0 Å². The first-order chi connectivity index (χ1) is 9.94. The van der Waals surface area contributed by atoms with E-state index < -0.39 is 17.2 Å². The Balaban J connectivity index is 1.85. The molecule has 0 atom stereocenters. The molecule has 21 heavy (non-hydrogen) atoms. The Morgan fingerprint density at radius 1 is 1.24 bits per heavy atom. The molecule has 2 aliphatic rings. The van der Waals surface area contributed by atoms with Crippen LogP contribution in [-0.2, 0) is 4.79 Å². The monoisotopic (exact) mass is 303 g/mol. The van der Waals surface area contributed by atoms with Crippen LogP contribution in [0.1, 0.15) is 40.0 Å². The Bertz CT molecular complexity index is 695. The van der Waals surface area contributed by atoms with E-state index in [9.17, 15) is 14.4 Å². The van der Waals surface area contributed by atoms with Gasteiger partial charge in [0.2, 0.25) is 5.91 Å². The third kappa shape index (κ3) is 2.01. The van der Waals surface area contributed by atoms with Gasteiger partial charge in [-0.15, -0.1) is 0 Å². The molecule has 1 aromatic rings. The van der Waals surface area contributed by atoms with Gasteiger partial charge >= 0.3 is 0 Å². The third-order valence-electron chi connectivity index (χ3n) is 4.11. The fourth-order valence-electron chi connectivity index (χ4n) is 2.61. The number of nitrogens with one attached hydrogen (secondary N) is 2. The average molecular weight is 303 g/mol. The second kappa shape index (κ2) is 4.63. The topological polar surface area (TPSA) is 101 Å². The second-order valence-corrected chi connectivity index (χ2v) is 5.74. The van der Waals surface area contributed by atoms with Crippen LogP contribution in [-0.4, -0.2) is 22.7 Å². The lowest BCUT2D eigenvalue weighted by atomic mass is 9.68. The molecule has 4 N–H and O–H groups in total. The van der Waals surface area contributed by atoms with Crippen molar-refractivity contribution in [1.29, 1.82) is 0 Å². The SMILES string of the molecule is NC(=S)C1(C(=O)Nc2ccc3c(c2)C(=O)NC3=O)CCC1. The fraction of sp³-hybridized carbons (Fsp3) is 0.286. The lowest BCUT2D eigenvalue weighted by Gasteiger charge is -2.39. The van der Waals surface area contributed by atoms with Crippen molar-refractivity contribution in [3.8, 4) is 0 Å². The minimum absolute atomic E-state index is 0.195. The van der Waals surface area contributed by atoms with E-state index in [0.717, 1.165) is 6.42 Å². The molecule has 0 unspecified atom stereocenters. The van der Waals surface area contributed by atoms with Crippen molar-refractivity contribution >= 4 is 40.6 Å². The van der Waals surface area contributed by atoms with Crippen LogP contribution in [0.2, 0.25) is 0 Å². The molecule has 0 spiro atoms. The number of carbonyl (C=O) groups excluding carboxylic acids is 3. The molecule has 1 heterocycles. The number of imide groups is 1. The summed E-state index contributed by atoms with van der Waals surface area (Å²) in [6, 6.07) is 4.58. The summed E-state index contributed by atoms with van der Waals surface area (Å²) in [6.45, 7) is 0. The van der Waals surface area contributed by atoms with Crippen molar-refractivity contribution in [2.75, 3.05) is 5.32 Å². The number of amides is 3. The maximum atomic E-state index is 12.4. The molecule has 0 aromatic heterocycles. The van der Waals surface area contributed by atoms with Crippen LogP contribution >= 0.6 is 12.2 Å². The number of hydrogen-bond acceptors (Lipinski definition) is 4. The number of fused-ring (bicyclic) bond motifs is 1. The van der Waals surface area contributed by atoms with E-state index in [1.807, 2.05) is 0 Å². The highest BCUT2D eigenvalue weighted by Gasteiger charge is 2.47. The van der Waals surface area contributed by atoms with E-state index in [2.05, 4.69) is 10.6 Å². The van der Waals surface area contributed by atoms with Gasteiger partial charge in [-0.25, -0.2) is 0 Å². The number of benzene rings is 1. The lowest BCUT2D eigenvalue weighted by molar-refractivity contribution is -0.125. The summed E-state index contributed by atoms with van der Waals surface area (Å²) in [4.78, 5) is 35.6. The van der Waals surface area contributed by atoms with Gasteiger partial charge < -0.3 is 11.1 Å². The maximum Gasteiger partial charge on any atom is 0.259 e. The Kier molecular flexibility index (Phi) is 3.02. The standard InChI is InChI=1S/C14H13N3O3S/c15-12(21)14(4-1-5-14)13(20)16-7-2-3-8-9(6-7)11(19)17-10(8)18/h2-3,6H,1,4-5H2,(H2,15,21)(H,16,20)(H,17,18,19). The Hall–Kier alpha value is -2.28. The van der Waals surface area contributed by atoms with Crippen LogP contribution < -0.4 is 16.4 Å². The van der Waals surface area contributed by atoms with Gasteiger partial charge in [0.15, 0.2) is 0 Å². The number of rotatable bonds is 3. The lowest BCUT2D eigenvalue weighted by Crippen LogP contribution is -2.50. The van der Waals surface area contributed by atoms with Crippen molar-refractivity contribution in [2.24, 2.45) is 11.1 Å². The molecule has 6 nitrogen and oxygen atoms in total. The highest BCUT2D eigenvalue weighted by Crippen LogP contribution is 2.42. The summed E-state index contributed by atoms with van der Waals surface area (Å²) in [7, 11) is 0. The van der Waals surface area contributed by atoms with Gasteiger partial charge in [-0.1, -0.05) is 18.6 Å². The smallest absolute Gasteiger partial charge is 0.259 e. The third-order valence-corrected chi connectivity index (χ3v) is 4.50. The molecule has 3 rings (SSSR count). The summed E-state index contributed by atoms with van der Waals surface area (Å²) < 4.78 is 0. The van der Waals surface area contributed by atoms with Crippen LogP contribution in [0.5, 0.6) is 0 Å². The van der Waals surface area contributed by atoms with Crippen LogP contribution in [0.4, 0.5) is 5.69 Å². The molecule has 0 radical (unpaired) electrons. The molecular formula is C14H13N3O3S. The number of nitrogens with two attached hydrogens (primary N) is 1. The van der Waals surface area contributed by atoms with E-state index in [-0.39, 0.29) is 16.5 Å². The number of carbonyl (C=O) groups is 3. The molecule has 7 heteroatoms. The van der Waals surface area contributed by atoms with Crippen molar-refractivity contribution < 1.29 is 14.4 Å². The molecule has 1 aromatic carbocycles. The van der Waals surface area contributed by atoms with Gasteiger partial charge in [0, 0.05) is 5.69 Å². The summed E-state index contributed by atoms with van der Waals surface area (Å²) >= 11 is 5.00. The molecular weight excluding hydrogens is 290 g/mol. The highest BCUT2D eigenvalue weighted by atomic mass is 32.1. The van der Waals surface area contributed by atoms with Crippen LogP contribution in [0, 0.1) is 5.41 Å². The molecule has 0 bridgehead atoms. The van der Waals surface area contributed by atoms with Crippen molar-refractivity contribution in [3.05, 3.63) is 29.3 Å². The summed E-state index contributed by atoms with van der Waals surface area (Å²) in [5, 5.41) is 4.94. The zero-order valence-corrected chi connectivity index (χ0v) is 11.9. The first kappa shape index (κ1) is 13.7. The first-order valence-electron chi connectivity index (χ1n) is 6.55. The van der Waals surface area contributed by atoms with E-state index >= 15 is 0 Å². The van der Waals surface area contributed by atoms with Gasteiger partial charge in [-0.3, -0.25) is 19.7 Å². The highest BCUT2D eigenvalue weighted by molar-refractivity contribution is 7.80. The van der Waals surface area contributed by atoms with Crippen LogP contribution in [0.25, 0.3) is 0 Å². The number of anilines is 1. The summed E-state index contributed by atoms with van der Waals surface area (Å²) in [6.07, 6.45) is 2.18. The average Bonchev–Trinajstić information content (AvgIpc) is 2.62. The minimum atomic E-state index is -0.785. The number of thiocarbonyl (C=S) groups is 1.